The molecule has 0 bridgehead atoms. The molecule has 0 saturated carbocycles. The summed E-state index contributed by atoms with van der Waals surface area (Å²) >= 11 is 0. The van der Waals surface area contributed by atoms with Gasteiger partial charge >= 0.3 is 0 Å². The summed E-state index contributed by atoms with van der Waals surface area (Å²) in [7, 11) is 0. The van der Waals surface area contributed by atoms with Gasteiger partial charge in [-0.05, 0) is 19.8 Å². The molecule has 1 aromatic heterocycles. The molecule has 0 atom stereocenters. The lowest BCUT2D eigenvalue weighted by atomic mass is 10.1. The monoisotopic (exact) mass is 171 g/mol. The molecule has 0 aromatic carbocycles. The van der Waals surface area contributed by atoms with Crippen LogP contribution < -0.4 is 0 Å². The Morgan fingerprint density at radius 3 is 2.17 bits per heavy atom. The topological polar surface area (TPSA) is 30.7 Å². The van der Waals surface area contributed by atoms with Crippen LogP contribution in [0.2, 0.25) is 0 Å². The van der Waals surface area contributed by atoms with Crippen LogP contribution in [-0.4, -0.2) is 15.0 Å². The molecule has 68 valence electrons. The Kier molecular flexibility index (Phi) is 2.45. The predicted molar refractivity (Wildman–Crippen MR) is 44.5 cm³/mol. The van der Waals surface area contributed by atoms with Gasteiger partial charge in [0.2, 0.25) is 0 Å². The van der Waals surface area contributed by atoms with Crippen molar-refractivity contribution < 1.29 is 4.39 Å². The maximum absolute atomic E-state index is 13.0. The number of halogens is 1. The van der Waals surface area contributed by atoms with Crippen LogP contribution in [-0.2, 0) is 0 Å². The van der Waals surface area contributed by atoms with Crippen molar-refractivity contribution in [3.05, 3.63) is 11.6 Å². The van der Waals surface area contributed by atoms with Gasteiger partial charge in [-0.15, -0.1) is 0 Å². The summed E-state index contributed by atoms with van der Waals surface area (Å²) in [4.78, 5) is 0. The maximum atomic E-state index is 13.0. The third kappa shape index (κ3) is 1.47. The normalized spacial score (nSPS) is 11.6. The number of rotatable bonds is 2. The second-order valence-electron chi connectivity index (χ2n) is 3.46. The Hall–Kier alpha value is -0.930. The molecular formula is C8H14FN3. The highest BCUT2D eigenvalue weighted by atomic mass is 19.1. The fourth-order valence-corrected chi connectivity index (χ4v) is 1.17. The van der Waals surface area contributed by atoms with E-state index in [1.165, 1.54) is 0 Å². The average molecular weight is 171 g/mol. The molecule has 0 radical (unpaired) electrons. The summed E-state index contributed by atoms with van der Waals surface area (Å²) in [6.45, 7) is 7.78. The first kappa shape index (κ1) is 9.16. The second-order valence-corrected chi connectivity index (χ2v) is 3.46. The molecule has 0 fully saturated rings. The lowest BCUT2D eigenvalue weighted by Crippen LogP contribution is -2.09. The van der Waals surface area contributed by atoms with Crippen molar-refractivity contribution in [3.8, 4) is 0 Å². The fourth-order valence-electron chi connectivity index (χ4n) is 1.17. The molecule has 0 aliphatic carbocycles. The van der Waals surface area contributed by atoms with Gasteiger partial charge in [-0.3, -0.25) is 0 Å². The van der Waals surface area contributed by atoms with Gasteiger partial charge in [-0.1, -0.05) is 24.2 Å². The van der Waals surface area contributed by atoms with Gasteiger partial charge in [0.15, 0.2) is 0 Å². The van der Waals surface area contributed by atoms with Crippen molar-refractivity contribution in [2.24, 2.45) is 0 Å². The van der Waals surface area contributed by atoms with Crippen LogP contribution in [0.5, 0.6) is 0 Å². The molecule has 0 aliphatic rings. The largest absolute Gasteiger partial charge is 0.256 e. The van der Waals surface area contributed by atoms with Crippen molar-refractivity contribution in [2.45, 2.75) is 39.7 Å². The molecular weight excluding hydrogens is 157 g/mol. The van der Waals surface area contributed by atoms with Gasteiger partial charge in [-0.2, -0.15) is 4.39 Å². The minimum atomic E-state index is -0.446. The smallest absolute Gasteiger partial charge is 0.244 e. The van der Waals surface area contributed by atoms with Crippen LogP contribution in [0.1, 0.15) is 45.3 Å². The van der Waals surface area contributed by atoms with E-state index in [1.54, 1.807) is 4.68 Å². The number of aromatic nitrogens is 3. The van der Waals surface area contributed by atoms with Crippen molar-refractivity contribution in [2.75, 3.05) is 0 Å². The summed E-state index contributed by atoms with van der Waals surface area (Å²) in [6, 6.07) is 0.166. The van der Waals surface area contributed by atoms with Crippen LogP contribution in [0.15, 0.2) is 0 Å². The summed E-state index contributed by atoms with van der Waals surface area (Å²) in [6.07, 6.45) is 0. The lowest BCUT2D eigenvalue weighted by Gasteiger charge is -2.11. The Bertz CT molecular complexity index is 265. The first-order valence-electron chi connectivity index (χ1n) is 4.14. The average Bonchev–Trinajstić information content (AvgIpc) is 2.30. The second kappa shape index (κ2) is 3.21. The number of hydrogen-bond acceptors (Lipinski definition) is 2. The molecule has 1 rings (SSSR count). The van der Waals surface area contributed by atoms with Crippen LogP contribution in [0.25, 0.3) is 0 Å². The molecule has 0 amide bonds. The highest BCUT2D eigenvalue weighted by Crippen LogP contribution is 2.19. The van der Waals surface area contributed by atoms with Crippen LogP contribution >= 0.6 is 0 Å². The van der Waals surface area contributed by atoms with Crippen LogP contribution in [0.4, 0.5) is 4.39 Å². The Morgan fingerprint density at radius 1 is 1.25 bits per heavy atom. The van der Waals surface area contributed by atoms with Gasteiger partial charge in [0.25, 0.3) is 5.95 Å². The molecule has 0 unspecified atom stereocenters. The summed E-state index contributed by atoms with van der Waals surface area (Å²) in [5, 5.41) is 7.13. The van der Waals surface area contributed by atoms with E-state index in [2.05, 4.69) is 10.3 Å². The third-order valence-corrected chi connectivity index (χ3v) is 1.72. The zero-order valence-corrected chi connectivity index (χ0v) is 7.87. The van der Waals surface area contributed by atoms with Crippen molar-refractivity contribution in [1.82, 2.24) is 15.0 Å². The molecule has 0 N–H and O–H groups in total. The summed E-state index contributed by atoms with van der Waals surface area (Å²) in [5.74, 6) is -0.318. The molecule has 1 heterocycles. The number of nitrogens with zero attached hydrogens (tertiary/aromatic N) is 3. The van der Waals surface area contributed by atoms with E-state index in [4.69, 9.17) is 0 Å². The standard InChI is InChI=1S/C8H14FN3/c1-5(2)7-8(9)10-11-12(7)6(3)4/h5-6H,1-4H3. The van der Waals surface area contributed by atoms with E-state index in [9.17, 15) is 4.39 Å². The lowest BCUT2D eigenvalue weighted by molar-refractivity contribution is 0.480. The Labute approximate surface area is 71.6 Å². The van der Waals surface area contributed by atoms with Crippen molar-refractivity contribution in [3.63, 3.8) is 0 Å². The van der Waals surface area contributed by atoms with Crippen LogP contribution in [0.3, 0.4) is 0 Å². The van der Waals surface area contributed by atoms with E-state index < -0.39 is 5.95 Å². The molecule has 4 heteroatoms. The van der Waals surface area contributed by atoms with Gasteiger partial charge < -0.3 is 0 Å². The molecule has 1 aromatic rings. The predicted octanol–water partition coefficient (Wildman–Crippen LogP) is 2.12. The van der Waals surface area contributed by atoms with Gasteiger partial charge in [0.1, 0.15) is 0 Å². The van der Waals surface area contributed by atoms with Crippen LogP contribution in [0, 0.1) is 5.95 Å². The quantitative estimate of drug-likeness (QED) is 0.682. The number of hydrogen-bond donors (Lipinski definition) is 0. The van der Waals surface area contributed by atoms with Gasteiger partial charge in [0.05, 0.1) is 5.69 Å². The molecule has 0 spiro atoms. The Morgan fingerprint density at radius 2 is 1.83 bits per heavy atom. The molecule has 3 nitrogen and oxygen atoms in total. The highest BCUT2D eigenvalue weighted by Gasteiger charge is 2.17. The minimum absolute atomic E-state index is 0.127. The summed E-state index contributed by atoms with van der Waals surface area (Å²) in [5.41, 5.74) is 0.588. The van der Waals surface area contributed by atoms with Gasteiger partial charge in [-0.25, -0.2) is 4.68 Å². The maximum Gasteiger partial charge on any atom is 0.256 e. The van der Waals surface area contributed by atoms with E-state index in [-0.39, 0.29) is 12.0 Å². The first-order valence-corrected chi connectivity index (χ1v) is 4.14. The van der Waals surface area contributed by atoms with E-state index in [0.29, 0.717) is 5.69 Å². The van der Waals surface area contributed by atoms with Crippen molar-refractivity contribution in [1.29, 1.82) is 0 Å². The molecule has 0 saturated heterocycles. The first-order chi connectivity index (χ1) is 5.54. The van der Waals surface area contributed by atoms with Gasteiger partial charge in [0, 0.05) is 6.04 Å². The Balaban J connectivity index is 3.12. The fraction of sp³-hybridized carbons (Fsp3) is 0.750. The third-order valence-electron chi connectivity index (χ3n) is 1.72. The SMILES string of the molecule is CC(C)c1c(F)nnn1C(C)C. The zero-order chi connectivity index (χ0) is 9.30. The van der Waals surface area contributed by atoms with Crippen molar-refractivity contribution >= 4 is 0 Å². The minimum Gasteiger partial charge on any atom is -0.244 e. The molecule has 12 heavy (non-hydrogen) atoms. The van der Waals surface area contributed by atoms with E-state index >= 15 is 0 Å². The van der Waals surface area contributed by atoms with E-state index in [1.807, 2.05) is 27.7 Å². The summed E-state index contributed by atoms with van der Waals surface area (Å²) < 4.78 is 14.7. The molecule has 0 aliphatic heterocycles. The van der Waals surface area contributed by atoms with E-state index in [0.717, 1.165) is 0 Å². The highest BCUT2D eigenvalue weighted by molar-refractivity contribution is 5.03. The zero-order valence-electron chi connectivity index (χ0n) is 7.87.